The molecule has 2 unspecified atom stereocenters. The van der Waals surface area contributed by atoms with Gasteiger partial charge in [-0.15, -0.1) is 0 Å². The van der Waals surface area contributed by atoms with Gasteiger partial charge in [0.25, 0.3) is 0 Å². The lowest BCUT2D eigenvalue weighted by Crippen LogP contribution is -2.44. The van der Waals surface area contributed by atoms with Gasteiger partial charge in [-0.2, -0.15) is 0 Å². The Morgan fingerprint density at radius 2 is 2.43 bits per heavy atom. The van der Waals surface area contributed by atoms with Crippen LogP contribution < -0.4 is 10.6 Å². The van der Waals surface area contributed by atoms with Crippen LogP contribution in [0.3, 0.4) is 0 Å². The number of piperidine rings is 1. The molecule has 0 aliphatic carbocycles. The van der Waals surface area contributed by atoms with Gasteiger partial charge >= 0.3 is 0 Å². The molecule has 2 N–H and O–H groups in total. The van der Waals surface area contributed by atoms with E-state index in [1.54, 1.807) is 12.2 Å². The standard InChI is InChI=1S/C11H20N2O/c1-3-5-11(14)13-9(2)10-6-4-7-12-8-10/h3,5,9-10,12H,4,6-8H2,1-2H3,(H,13,14)/b5-3+. The number of allylic oxidation sites excluding steroid dienone is 1. The Bertz CT molecular complexity index is 207. The van der Waals surface area contributed by atoms with E-state index in [1.807, 2.05) is 6.92 Å². The Kier molecular flexibility index (Phi) is 4.66. The van der Waals surface area contributed by atoms with Crippen LogP contribution in [0.15, 0.2) is 12.2 Å². The minimum Gasteiger partial charge on any atom is -0.350 e. The Morgan fingerprint density at radius 3 is 3.00 bits per heavy atom. The van der Waals surface area contributed by atoms with Gasteiger partial charge in [0.05, 0.1) is 0 Å². The summed E-state index contributed by atoms with van der Waals surface area (Å²) in [6.07, 6.45) is 5.77. The topological polar surface area (TPSA) is 41.1 Å². The molecule has 1 rings (SSSR count). The van der Waals surface area contributed by atoms with Crippen molar-refractivity contribution in [2.24, 2.45) is 5.92 Å². The van der Waals surface area contributed by atoms with Gasteiger partial charge in [-0.25, -0.2) is 0 Å². The molecule has 1 fully saturated rings. The van der Waals surface area contributed by atoms with E-state index in [9.17, 15) is 4.79 Å². The normalized spacial score (nSPS) is 24.9. The fourth-order valence-corrected chi connectivity index (χ4v) is 1.85. The number of rotatable bonds is 3. The number of amides is 1. The molecule has 0 bridgehead atoms. The smallest absolute Gasteiger partial charge is 0.243 e. The van der Waals surface area contributed by atoms with Crippen LogP contribution >= 0.6 is 0 Å². The molecule has 1 aliphatic rings. The Balaban J connectivity index is 2.32. The lowest BCUT2D eigenvalue weighted by Gasteiger charge is -2.28. The second kappa shape index (κ2) is 5.81. The van der Waals surface area contributed by atoms with Crippen LogP contribution in [-0.4, -0.2) is 25.0 Å². The first-order chi connectivity index (χ1) is 6.74. The summed E-state index contributed by atoms with van der Waals surface area (Å²) in [4.78, 5) is 11.3. The first-order valence-corrected chi connectivity index (χ1v) is 5.38. The van der Waals surface area contributed by atoms with Crippen LogP contribution in [0, 0.1) is 5.92 Å². The van der Waals surface area contributed by atoms with Crippen molar-refractivity contribution in [3.05, 3.63) is 12.2 Å². The molecule has 0 aromatic heterocycles. The molecular weight excluding hydrogens is 176 g/mol. The second-order valence-corrected chi connectivity index (χ2v) is 3.90. The van der Waals surface area contributed by atoms with Crippen molar-refractivity contribution < 1.29 is 4.79 Å². The highest BCUT2D eigenvalue weighted by Gasteiger charge is 2.20. The minimum atomic E-state index is 0.0190. The maximum absolute atomic E-state index is 11.3. The molecule has 0 aromatic carbocycles. The zero-order valence-corrected chi connectivity index (χ0v) is 9.05. The summed E-state index contributed by atoms with van der Waals surface area (Å²) < 4.78 is 0. The van der Waals surface area contributed by atoms with Crippen LogP contribution in [0.2, 0.25) is 0 Å². The first kappa shape index (κ1) is 11.2. The van der Waals surface area contributed by atoms with E-state index >= 15 is 0 Å². The molecule has 80 valence electrons. The van der Waals surface area contributed by atoms with Gasteiger partial charge < -0.3 is 10.6 Å². The molecule has 0 spiro atoms. The average molecular weight is 196 g/mol. The van der Waals surface area contributed by atoms with Crippen molar-refractivity contribution in [3.8, 4) is 0 Å². The van der Waals surface area contributed by atoms with Gasteiger partial charge in [-0.05, 0) is 51.8 Å². The van der Waals surface area contributed by atoms with E-state index < -0.39 is 0 Å². The molecule has 1 aliphatic heterocycles. The quantitative estimate of drug-likeness (QED) is 0.663. The highest BCUT2D eigenvalue weighted by Crippen LogP contribution is 2.13. The maximum atomic E-state index is 11.3. The maximum Gasteiger partial charge on any atom is 0.243 e. The van der Waals surface area contributed by atoms with Gasteiger partial charge in [0.15, 0.2) is 0 Å². The lowest BCUT2D eigenvalue weighted by atomic mass is 9.93. The van der Waals surface area contributed by atoms with E-state index in [-0.39, 0.29) is 11.9 Å². The highest BCUT2D eigenvalue weighted by atomic mass is 16.1. The van der Waals surface area contributed by atoms with Crippen LogP contribution in [0.4, 0.5) is 0 Å². The molecule has 0 aromatic rings. The van der Waals surface area contributed by atoms with Gasteiger partial charge in [0, 0.05) is 6.04 Å². The van der Waals surface area contributed by atoms with Crippen LogP contribution in [0.1, 0.15) is 26.7 Å². The van der Waals surface area contributed by atoms with Crippen molar-refractivity contribution >= 4 is 5.91 Å². The monoisotopic (exact) mass is 196 g/mol. The van der Waals surface area contributed by atoms with Crippen molar-refractivity contribution in [2.75, 3.05) is 13.1 Å². The third-order valence-corrected chi connectivity index (χ3v) is 2.73. The van der Waals surface area contributed by atoms with Crippen LogP contribution in [0.5, 0.6) is 0 Å². The number of nitrogens with one attached hydrogen (secondary N) is 2. The Hall–Kier alpha value is -0.830. The van der Waals surface area contributed by atoms with E-state index in [4.69, 9.17) is 0 Å². The van der Waals surface area contributed by atoms with Gasteiger partial charge in [0.1, 0.15) is 0 Å². The molecule has 3 heteroatoms. The summed E-state index contributed by atoms with van der Waals surface area (Å²) >= 11 is 0. The zero-order chi connectivity index (χ0) is 10.4. The predicted molar refractivity (Wildman–Crippen MR) is 58.0 cm³/mol. The predicted octanol–water partition coefficient (Wildman–Crippen LogP) is 1.07. The number of carbonyl (C=O) groups excluding carboxylic acids is 1. The van der Waals surface area contributed by atoms with Gasteiger partial charge in [0.2, 0.25) is 5.91 Å². The molecule has 0 radical (unpaired) electrons. The Labute approximate surface area is 86.0 Å². The molecule has 0 saturated carbocycles. The van der Waals surface area contributed by atoms with Crippen LogP contribution in [0.25, 0.3) is 0 Å². The second-order valence-electron chi connectivity index (χ2n) is 3.90. The first-order valence-electron chi connectivity index (χ1n) is 5.38. The molecule has 1 saturated heterocycles. The van der Waals surface area contributed by atoms with E-state index in [1.165, 1.54) is 12.8 Å². The van der Waals surface area contributed by atoms with Gasteiger partial charge in [-0.1, -0.05) is 6.08 Å². The lowest BCUT2D eigenvalue weighted by molar-refractivity contribution is -0.117. The SMILES string of the molecule is C/C=C/C(=O)NC(C)C1CCCNC1. The van der Waals surface area contributed by atoms with Crippen molar-refractivity contribution in [1.29, 1.82) is 0 Å². The number of hydrogen-bond acceptors (Lipinski definition) is 2. The van der Waals surface area contributed by atoms with E-state index in [2.05, 4.69) is 17.6 Å². The molecule has 3 nitrogen and oxygen atoms in total. The van der Waals surface area contributed by atoms with Crippen molar-refractivity contribution in [3.63, 3.8) is 0 Å². The minimum absolute atomic E-state index is 0.0190. The third-order valence-electron chi connectivity index (χ3n) is 2.73. The fourth-order valence-electron chi connectivity index (χ4n) is 1.85. The average Bonchev–Trinajstić information content (AvgIpc) is 2.19. The zero-order valence-electron chi connectivity index (χ0n) is 9.05. The molecular formula is C11H20N2O. The summed E-state index contributed by atoms with van der Waals surface area (Å²) in [6, 6.07) is 0.270. The highest BCUT2D eigenvalue weighted by molar-refractivity contribution is 5.87. The summed E-state index contributed by atoms with van der Waals surface area (Å²) in [7, 11) is 0. The molecule has 1 amide bonds. The summed E-state index contributed by atoms with van der Waals surface area (Å²) in [5, 5.41) is 6.34. The largest absolute Gasteiger partial charge is 0.350 e. The van der Waals surface area contributed by atoms with Crippen LogP contribution in [-0.2, 0) is 4.79 Å². The fraction of sp³-hybridized carbons (Fsp3) is 0.727. The van der Waals surface area contributed by atoms with E-state index in [0.29, 0.717) is 5.92 Å². The summed E-state index contributed by atoms with van der Waals surface area (Å²) in [6.45, 7) is 6.08. The van der Waals surface area contributed by atoms with Crippen molar-refractivity contribution in [2.45, 2.75) is 32.7 Å². The molecule has 14 heavy (non-hydrogen) atoms. The third kappa shape index (κ3) is 3.50. The Morgan fingerprint density at radius 1 is 1.64 bits per heavy atom. The van der Waals surface area contributed by atoms with Crippen molar-refractivity contribution in [1.82, 2.24) is 10.6 Å². The molecule has 1 heterocycles. The number of hydrogen-bond donors (Lipinski definition) is 2. The number of carbonyl (C=O) groups is 1. The summed E-state index contributed by atoms with van der Waals surface area (Å²) in [5.41, 5.74) is 0. The molecule has 2 atom stereocenters. The van der Waals surface area contributed by atoms with Gasteiger partial charge in [-0.3, -0.25) is 4.79 Å². The van der Waals surface area contributed by atoms with E-state index in [0.717, 1.165) is 13.1 Å². The summed E-state index contributed by atoms with van der Waals surface area (Å²) in [5.74, 6) is 0.600.